The monoisotopic (exact) mass is 247 g/mol. The van der Waals surface area contributed by atoms with E-state index in [1.54, 1.807) is 0 Å². The van der Waals surface area contributed by atoms with Crippen LogP contribution < -0.4 is 0 Å². The standard InChI is InChI=1S/C14H17NOS/c1-10-4-5-11(2)13(6-10)8-17-9-14-7-12(3)15-16-14/h4-7H,8-9H2,1-3H3. The van der Waals surface area contributed by atoms with E-state index in [1.165, 1.54) is 16.7 Å². The highest BCUT2D eigenvalue weighted by molar-refractivity contribution is 7.97. The lowest BCUT2D eigenvalue weighted by Gasteiger charge is -2.05. The van der Waals surface area contributed by atoms with Crippen LogP contribution in [0.25, 0.3) is 0 Å². The lowest BCUT2D eigenvalue weighted by molar-refractivity contribution is 0.391. The van der Waals surface area contributed by atoms with Crippen molar-refractivity contribution in [1.29, 1.82) is 0 Å². The molecular formula is C14H17NOS. The van der Waals surface area contributed by atoms with Crippen LogP contribution in [-0.4, -0.2) is 5.16 Å². The molecule has 0 fully saturated rings. The number of aromatic nitrogens is 1. The average molecular weight is 247 g/mol. The highest BCUT2D eigenvalue weighted by atomic mass is 32.2. The van der Waals surface area contributed by atoms with Crippen molar-refractivity contribution in [1.82, 2.24) is 5.16 Å². The fourth-order valence-electron chi connectivity index (χ4n) is 1.70. The second kappa shape index (κ2) is 5.41. The van der Waals surface area contributed by atoms with Crippen molar-refractivity contribution in [3.8, 4) is 0 Å². The molecule has 1 aromatic heterocycles. The molecule has 2 rings (SSSR count). The van der Waals surface area contributed by atoms with Crippen LogP contribution >= 0.6 is 11.8 Å². The molecule has 0 saturated carbocycles. The summed E-state index contributed by atoms with van der Waals surface area (Å²) < 4.78 is 5.19. The Morgan fingerprint density at radius 1 is 1.12 bits per heavy atom. The smallest absolute Gasteiger partial charge is 0.146 e. The van der Waals surface area contributed by atoms with Crippen molar-refractivity contribution in [3.63, 3.8) is 0 Å². The number of rotatable bonds is 4. The molecule has 1 aromatic carbocycles. The third-order valence-electron chi connectivity index (χ3n) is 2.68. The van der Waals surface area contributed by atoms with Gasteiger partial charge in [-0.2, -0.15) is 0 Å². The molecule has 0 amide bonds. The van der Waals surface area contributed by atoms with Gasteiger partial charge in [-0.15, -0.1) is 11.8 Å². The van der Waals surface area contributed by atoms with E-state index < -0.39 is 0 Å². The second-order valence-corrected chi connectivity index (χ2v) is 5.34. The topological polar surface area (TPSA) is 26.0 Å². The van der Waals surface area contributed by atoms with Gasteiger partial charge in [0.2, 0.25) is 0 Å². The van der Waals surface area contributed by atoms with Gasteiger partial charge >= 0.3 is 0 Å². The van der Waals surface area contributed by atoms with Crippen LogP contribution in [-0.2, 0) is 11.5 Å². The van der Waals surface area contributed by atoms with E-state index in [0.29, 0.717) is 0 Å². The van der Waals surface area contributed by atoms with Crippen LogP contribution in [0.3, 0.4) is 0 Å². The zero-order chi connectivity index (χ0) is 12.3. The van der Waals surface area contributed by atoms with Gasteiger partial charge in [0.05, 0.1) is 11.4 Å². The summed E-state index contributed by atoms with van der Waals surface area (Å²) in [5.41, 5.74) is 5.04. The van der Waals surface area contributed by atoms with E-state index in [2.05, 4.69) is 37.2 Å². The molecule has 0 unspecified atom stereocenters. The molecule has 1 heterocycles. The van der Waals surface area contributed by atoms with E-state index in [1.807, 2.05) is 24.8 Å². The summed E-state index contributed by atoms with van der Waals surface area (Å²) in [4.78, 5) is 0. The number of benzene rings is 1. The lowest BCUT2D eigenvalue weighted by atomic mass is 10.1. The highest BCUT2D eigenvalue weighted by Gasteiger charge is 2.03. The Labute approximate surface area is 106 Å². The largest absolute Gasteiger partial charge is 0.360 e. The van der Waals surface area contributed by atoms with Gasteiger partial charge < -0.3 is 4.52 Å². The quantitative estimate of drug-likeness (QED) is 0.815. The minimum absolute atomic E-state index is 0.883. The summed E-state index contributed by atoms with van der Waals surface area (Å²) in [7, 11) is 0. The number of hydrogen-bond acceptors (Lipinski definition) is 3. The molecule has 0 atom stereocenters. The van der Waals surface area contributed by atoms with Crippen LogP contribution in [0.2, 0.25) is 0 Å². The number of hydrogen-bond donors (Lipinski definition) is 0. The van der Waals surface area contributed by atoms with Crippen LogP contribution in [0.15, 0.2) is 28.8 Å². The van der Waals surface area contributed by atoms with E-state index in [-0.39, 0.29) is 0 Å². The Hall–Kier alpha value is -1.22. The van der Waals surface area contributed by atoms with Gasteiger partial charge in [0.15, 0.2) is 0 Å². The summed E-state index contributed by atoms with van der Waals surface area (Å²) in [5.74, 6) is 2.86. The molecule has 0 aliphatic carbocycles. The summed E-state index contributed by atoms with van der Waals surface area (Å²) in [6, 6.07) is 8.59. The fraction of sp³-hybridized carbons (Fsp3) is 0.357. The maximum Gasteiger partial charge on any atom is 0.146 e. The van der Waals surface area contributed by atoms with Gasteiger partial charge in [0.25, 0.3) is 0 Å². The van der Waals surface area contributed by atoms with E-state index in [9.17, 15) is 0 Å². The van der Waals surface area contributed by atoms with Crippen molar-refractivity contribution in [2.45, 2.75) is 32.3 Å². The molecule has 0 saturated heterocycles. The Balaban J connectivity index is 1.91. The van der Waals surface area contributed by atoms with Gasteiger partial charge in [0, 0.05) is 11.8 Å². The zero-order valence-corrected chi connectivity index (χ0v) is 11.3. The maximum absolute atomic E-state index is 5.19. The van der Waals surface area contributed by atoms with Crippen LogP contribution in [0.5, 0.6) is 0 Å². The Morgan fingerprint density at radius 3 is 2.65 bits per heavy atom. The first-order valence-electron chi connectivity index (χ1n) is 5.71. The Kier molecular flexibility index (Phi) is 3.89. The van der Waals surface area contributed by atoms with Crippen LogP contribution in [0.4, 0.5) is 0 Å². The molecule has 0 spiro atoms. The molecule has 90 valence electrons. The minimum Gasteiger partial charge on any atom is -0.360 e. The van der Waals surface area contributed by atoms with Gasteiger partial charge in [-0.25, -0.2) is 0 Å². The molecular weight excluding hydrogens is 230 g/mol. The Bertz CT molecular complexity index is 505. The SMILES string of the molecule is Cc1ccc(C)c(CSCc2cc(C)no2)c1. The average Bonchev–Trinajstić information content (AvgIpc) is 2.69. The lowest BCUT2D eigenvalue weighted by Crippen LogP contribution is -1.88. The number of aryl methyl sites for hydroxylation is 3. The molecule has 0 radical (unpaired) electrons. The summed E-state index contributed by atoms with van der Waals surface area (Å²) in [6.45, 7) is 6.24. The highest BCUT2D eigenvalue weighted by Crippen LogP contribution is 2.21. The molecule has 17 heavy (non-hydrogen) atoms. The molecule has 3 heteroatoms. The van der Waals surface area contributed by atoms with Crippen molar-refractivity contribution in [3.05, 3.63) is 52.4 Å². The first kappa shape index (κ1) is 12.2. The summed E-state index contributed by atoms with van der Waals surface area (Å²) in [6.07, 6.45) is 0. The molecule has 0 aliphatic rings. The normalized spacial score (nSPS) is 10.8. The van der Waals surface area contributed by atoms with E-state index >= 15 is 0 Å². The molecule has 2 nitrogen and oxygen atoms in total. The maximum atomic E-state index is 5.19. The van der Waals surface area contributed by atoms with Crippen LogP contribution in [0.1, 0.15) is 28.1 Å². The molecule has 2 aromatic rings. The van der Waals surface area contributed by atoms with Gasteiger partial charge in [-0.05, 0) is 31.9 Å². The summed E-state index contributed by atoms with van der Waals surface area (Å²) in [5, 5.41) is 3.89. The Morgan fingerprint density at radius 2 is 1.94 bits per heavy atom. The van der Waals surface area contributed by atoms with Crippen LogP contribution in [0, 0.1) is 20.8 Å². The van der Waals surface area contributed by atoms with E-state index in [4.69, 9.17) is 4.52 Å². The second-order valence-electron chi connectivity index (χ2n) is 4.36. The van der Waals surface area contributed by atoms with Crippen molar-refractivity contribution in [2.75, 3.05) is 0 Å². The van der Waals surface area contributed by atoms with Gasteiger partial charge in [-0.1, -0.05) is 28.9 Å². The number of nitrogens with zero attached hydrogens (tertiary/aromatic N) is 1. The fourth-order valence-corrected chi connectivity index (χ4v) is 2.67. The molecule has 0 aliphatic heterocycles. The van der Waals surface area contributed by atoms with Crippen molar-refractivity contribution in [2.24, 2.45) is 0 Å². The molecule has 0 bridgehead atoms. The van der Waals surface area contributed by atoms with Crippen molar-refractivity contribution < 1.29 is 4.52 Å². The van der Waals surface area contributed by atoms with Gasteiger partial charge in [0.1, 0.15) is 5.76 Å². The third-order valence-corrected chi connectivity index (χ3v) is 3.69. The van der Waals surface area contributed by atoms with Gasteiger partial charge in [-0.3, -0.25) is 0 Å². The van der Waals surface area contributed by atoms with E-state index in [0.717, 1.165) is 23.0 Å². The van der Waals surface area contributed by atoms with Crippen molar-refractivity contribution >= 4 is 11.8 Å². The third kappa shape index (κ3) is 3.37. The first-order valence-corrected chi connectivity index (χ1v) is 6.86. The summed E-state index contributed by atoms with van der Waals surface area (Å²) >= 11 is 1.86. The zero-order valence-electron chi connectivity index (χ0n) is 10.5. The molecule has 0 N–H and O–H groups in total. The predicted octanol–water partition coefficient (Wildman–Crippen LogP) is 4.03. The minimum atomic E-state index is 0.883. The predicted molar refractivity (Wildman–Crippen MR) is 72.2 cm³/mol. The first-order chi connectivity index (χ1) is 8.15. The number of thioether (sulfide) groups is 1.